The third-order valence-electron chi connectivity index (χ3n) is 4.92. The van der Waals surface area contributed by atoms with E-state index in [0.717, 1.165) is 49.9 Å². The first-order chi connectivity index (χ1) is 14.6. The summed E-state index contributed by atoms with van der Waals surface area (Å²) < 4.78 is 0. The maximum Gasteiger partial charge on any atom is 0.227 e. The van der Waals surface area contributed by atoms with Gasteiger partial charge in [0.1, 0.15) is 11.6 Å². The number of benzene rings is 1. The largest absolute Gasteiger partial charge is 0.506 e. The first-order valence-corrected chi connectivity index (χ1v) is 10.4. The van der Waals surface area contributed by atoms with Crippen molar-refractivity contribution in [2.24, 2.45) is 4.99 Å². The number of aliphatic imine (C=N–C) groups is 1. The smallest absolute Gasteiger partial charge is 0.227 e. The summed E-state index contributed by atoms with van der Waals surface area (Å²) in [6.07, 6.45) is 2.02. The van der Waals surface area contributed by atoms with E-state index >= 15 is 0 Å². The molecule has 2 heterocycles. The number of carbonyl (C=O) groups is 1. The SMILES string of the molecule is CCNC(=NCCC(=O)Nc1ccc(C)cn1)N1CCN(c2ccccc2O)CC1.I. The molecule has 31 heavy (non-hydrogen) atoms. The van der Waals surface area contributed by atoms with Gasteiger partial charge in [-0.15, -0.1) is 24.0 Å². The Labute approximate surface area is 200 Å². The molecule has 9 heteroatoms. The van der Waals surface area contributed by atoms with E-state index in [2.05, 4.69) is 30.4 Å². The van der Waals surface area contributed by atoms with Crippen LogP contribution in [0.25, 0.3) is 0 Å². The van der Waals surface area contributed by atoms with Gasteiger partial charge in [0.15, 0.2) is 5.96 Å². The molecule has 2 aromatic rings. The molecular formula is C22H31IN6O2. The standard InChI is InChI=1S/C22H30N6O2.HI/c1-3-23-22(24-11-10-21(30)26-20-9-8-17(2)16-25-20)28-14-12-27(13-15-28)18-6-4-5-7-19(18)29;/h4-9,16,29H,3,10-15H2,1-2H3,(H,23,24)(H,25,26,30);1H. The van der Waals surface area contributed by atoms with Crippen LogP contribution in [0.5, 0.6) is 5.75 Å². The molecular weight excluding hydrogens is 507 g/mol. The summed E-state index contributed by atoms with van der Waals surface area (Å²) in [5.74, 6) is 1.58. The van der Waals surface area contributed by atoms with E-state index in [-0.39, 0.29) is 29.9 Å². The van der Waals surface area contributed by atoms with Crippen LogP contribution < -0.4 is 15.5 Å². The third-order valence-corrected chi connectivity index (χ3v) is 4.92. The fourth-order valence-corrected chi connectivity index (χ4v) is 3.33. The number of aromatic nitrogens is 1. The van der Waals surface area contributed by atoms with Gasteiger partial charge < -0.3 is 25.5 Å². The monoisotopic (exact) mass is 538 g/mol. The number of guanidine groups is 1. The van der Waals surface area contributed by atoms with Crippen molar-refractivity contribution in [2.75, 3.05) is 49.5 Å². The molecule has 0 unspecified atom stereocenters. The lowest BCUT2D eigenvalue weighted by atomic mass is 10.2. The number of aryl methyl sites for hydroxylation is 1. The molecule has 1 aromatic heterocycles. The maximum absolute atomic E-state index is 12.2. The maximum atomic E-state index is 12.2. The number of piperazine rings is 1. The van der Waals surface area contributed by atoms with E-state index in [1.54, 1.807) is 18.3 Å². The number of para-hydroxylation sites is 2. The number of hydrogen-bond donors (Lipinski definition) is 3. The number of aromatic hydroxyl groups is 1. The van der Waals surface area contributed by atoms with Crippen LogP contribution in [0.2, 0.25) is 0 Å². The lowest BCUT2D eigenvalue weighted by molar-refractivity contribution is -0.116. The first-order valence-electron chi connectivity index (χ1n) is 10.4. The van der Waals surface area contributed by atoms with Gasteiger partial charge in [0, 0.05) is 45.3 Å². The van der Waals surface area contributed by atoms with Crippen LogP contribution in [0.4, 0.5) is 11.5 Å². The second-order valence-corrected chi connectivity index (χ2v) is 7.22. The molecule has 1 aromatic carbocycles. The Kier molecular flexibility index (Phi) is 9.83. The zero-order valence-electron chi connectivity index (χ0n) is 18.0. The van der Waals surface area contributed by atoms with Crippen molar-refractivity contribution in [1.29, 1.82) is 0 Å². The van der Waals surface area contributed by atoms with E-state index in [1.807, 2.05) is 38.1 Å². The van der Waals surface area contributed by atoms with Crippen molar-refractivity contribution in [3.8, 4) is 5.75 Å². The molecule has 0 spiro atoms. The van der Waals surface area contributed by atoms with Gasteiger partial charge in [0.25, 0.3) is 0 Å². The van der Waals surface area contributed by atoms with Gasteiger partial charge >= 0.3 is 0 Å². The third kappa shape index (κ3) is 7.27. The van der Waals surface area contributed by atoms with Crippen LogP contribution >= 0.6 is 24.0 Å². The number of amides is 1. The summed E-state index contributed by atoms with van der Waals surface area (Å²) in [5, 5.41) is 16.2. The van der Waals surface area contributed by atoms with E-state index in [1.165, 1.54) is 0 Å². The summed E-state index contributed by atoms with van der Waals surface area (Å²) >= 11 is 0. The minimum Gasteiger partial charge on any atom is -0.506 e. The number of carbonyl (C=O) groups excluding carboxylic acids is 1. The second-order valence-electron chi connectivity index (χ2n) is 7.22. The van der Waals surface area contributed by atoms with E-state index in [9.17, 15) is 9.90 Å². The van der Waals surface area contributed by atoms with Crippen molar-refractivity contribution >= 4 is 47.3 Å². The molecule has 0 bridgehead atoms. The Morgan fingerprint density at radius 2 is 1.90 bits per heavy atom. The quantitative estimate of drug-likeness (QED) is 0.298. The summed E-state index contributed by atoms with van der Waals surface area (Å²) in [6.45, 7) is 8.32. The van der Waals surface area contributed by atoms with Gasteiger partial charge in [-0.3, -0.25) is 9.79 Å². The van der Waals surface area contributed by atoms with E-state index < -0.39 is 0 Å². The summed E-state index contributed by atoms with van der Waals surface area (Å²) in [4.78, 5) is 25.4. The predicted molar refractivity (Wildman–Crippen MR) is 136 cm³/mol. The number of nitrogens with one attached hydrogen (secondary N) is 2. The number of hydrogen-bond acceptors (Lipinski definition) is 5. The molecule has 1 saturated heterocycles. The summed E-state index contributed by atoms with van der Waals surface area (Å²) in [7, 11) is 0. The first kappa shape index (κ1) is 24.7. The van der Waals surface area contributed by atoms with Crippen molar-refractivity contribution in [3.63, 3.8) is 0 Å². The lowest BCUT2D eigenvalue weighted by Crippen LogP contribution is -2.52. The van der Waals surface area contributed by atoms with Gasteiger partial charge in [0.05, 0.1) is 12.2 Å². The van der Waals surface area contributed by atoms with Crippen molar-refractivity contribution < 1.29 is 9.90 Å². The topological polar surface area (TPSA) is 93.1 Å². The highest BCUT2D eigenvalue weighted by Crippen LogP contribution is 2.27. The molecule has 168 valence electrons. The van der Waals surface area contributed by atoms with Crippen LogP contribution in [-0.4, -0.2) is 66.1 Å². The van der Waals surface area contributed by atoms with Crippen LogP contribution in [-0.2, 0) is 4.79 Å². The minimum atomic E-state index is -0.102. The minimum absolute atomic E-state index is 0. The van der Waals surface area contributed by atoms with Gasteiger partial charge in [-0.1, -0.05) is 18.2 Å². The summed E-state index contributed by atoms with van der Waals surface area (Å²) in [5.41, 5.74) is 1.91. The Hall–Kier alpha value is -2.56. The number of anilines is 2. The van der Waals surface area contributed by atoms with Crippen LogP contribution in [0.1, 0.15) is 18.9 Å². The normalized spacial score (nSPS) is 14.1. The van der Waals surface area contributed by atoms with Gasteiger partial charge in [0.2, 0.25) is 5.91 Å². The fraction of sp³-hybridized carbons (Fsp3) is 0.409. The molecule has 1 fully saturated rings. The van der Waals surface area contributed by atoms with Crippen LogP contribution in [0.15, 0.2) is 47.6 Å². The summed E-state index contributed by atoms with van der Waals surface area (Å²) in [6, 6.07) is 11.1. The van der Waals surface area contributed by atoms with Crippen molar-refractivity contribution in [2.45, 2.75) is 20.3 Å². The van der Waals surface area contributed by atoms with Gasteiger partial charge in [-0.2, -0.15) is 0 Å². The molecule has 3 N–H and O–H groups in total. The highest BCUT2D eigenvalue weighted by molar-refractivity contribution is 14.0. The van der Waals surface area contributed by atoms with Crippen LogP contribution in [0, 0.1) is 6.92 Å². The molecule has 0 atom stereocenters. The van der Waals surface area contributed by atoms with Crippen LogP contribution in [0.3, 0.4) is 0 Å². The van der Waals surface area contributed by atoms with E-state index in [4.69, 9.17) is 0 Å². The molecule has 0 radical (unpaired) electrons. The molecule has 3 rings (SSSR count). The molecule has 8 nitrogen and oxygen atoms in total. The molecule has 0 saturated carbocycles. The predicted octanol–water partition coefficient (Wildman–Crippen LogP) is 2.83. The molecule has 0 aliphatic carbocycles. The molecule has 1 amide bonds. The fourth-order valence-electron chi connectivity index (χ4n) is 3.33. The van der Waals surface area contributed by atoms with E-state index in [0.29, 0.717) is 24.5 Å². The average Bonchev–Trinajstić information content (AvgIpc) is 2.75. The lowest BCUT2D eigenvalue weighted by Gasteiger charge is -2.37. The zero-order chi connectivity index (χ0) is 21.3. The van der Waals surface area contributed by atoms with Crippen molar-refractivity contribution in [3.05, 3.63) is 48.2 Å². The Bertz CT molecular complexity index is 867. The Morgan fingerprint density at radius 1 is 1.16 bits per heavy atom. The van der Waals surface area contributed by atoms with Gasteiger partial charge in [-0.05, 0) is 37.6 Å². The Balaban J connectivity index is 0.00000341. The molecule has 1 aliphatic rings. The number of rotatable bonds is 6. The zero-order valence-corrected chi connectivity index (χ0v) is 20.4. The number of halogens is 1. The van der Waals surface area contributed by atoms with Gasteiger partial charge in [-0.25, -0.2) is 4.98 Å². The second kappa shape index (κ2) is 12.3. The Morgan fingerprint density at radius 3 is 2.55 bits per heavy atom. The highest BCUT2D eigenvalue weighted by atomic mass is 127. The number of pyridine rings is 1. The molecule has 1 aliphatic heterocycles. The average molecular weight is 538 g/mol. The number of phenolic OH excluding ortho intramolecular Hbond substituents is 1. The highest BCUT2D eigenvalue weighted by Gasteiger charge is 2.21. The number of nitrogens with zero attached hydrogens (tertiary/aromatic N) is 4. The number of phenols is 1. The van der Waals surface area contributed by atoms with Crippen molar-refractivity contribution in [1.82, 2.24) is 15.2 Å².